The van der Waals surface area contributed by atoms with Gasteiger partial charge in [-0.3, -0.25) is 10.1 Å². The highest BCUT2D eigenvalue weighted by molar-refractivity contribution is 9.10. The lowest BCUT2D eigenvalue weighted by atomic mass is 10.2. The quantitative estimate of drug-likeness (QED) is 0.608. The van der Waals surface area contributed by atoms with E-state index in [1.807, 2.05) is 4.90 Å². The molecule has 1 aromatic carbocycles. The van der Waals surface area contributed by atoms with Gasteiger partial charge in [0.1, 0.15) is 5.75 Å². The largest absolute Gasteiger partial charge is 0.492 e. The summed E-state index contributed by atoms with van der Waals surface area (Å²) in [6.45, 7) is 5.45. The first kappa shape index (κ1) is 18.2. The molecule has 1 aromatic rings. The molecule has 1 saturated heterocycles. The van der Waals surface area contributed by atoms with Crippen LogP contribution in [0.4, 0.5) is 0 Å². The second kappa shape index (κ2) is 9.20. The predicted octanol–water partition coefficient (Wildman–Crippen LogP) is 2.97. The van der Waals surface area contributed by atoms with Crippen molar-refractivity contribution in [1.29, 1.82) is 0 Å². The number of morpholine rings is 1. The van der Waals surface area contributed by atoms with Crippen molar-refractivity contribution in [3.8, 4) is 5.75 Å². The van der Waals surface area contributed by atoms with Crippen LogP contribution in [0.3, 0.4) is 0 Å². The number of unbranched alkanes of at least 4 members (excludes halogenated alkanes) is 1. The first-order chi connectivity index (χ1) is 11.1. The van der Waals surface area contributed by atoms with Crippen LogP contribution in [0.5, 0.6) is 5.75 Å². The summed E-state index contributed by atoms with van der Waals surface area (Å²) < 4.78 is 11.7. The normalized spacial score (nSPS) is 14.4. The lowest BCUT2D eigenvalue weighted by Gasteiger charge is -2.28. The zero-order valence-corrected chi connectivity index (χ0v) is 15.5. The van der Waals surface area contributed by atoms with E-state index in [4.69, 9.17) is 21.7 Å². The summed E-state index contributed by atoms with van der Waals surface area (Å²) in [5.74, 6) is 0.521. The zero-order valence-electron chi connectivity index (χ0n) is 13.1. The van der Waals surface area contributed by atoms with Crippen LogP contribution in [0.25, 0.3) is 0 Å². The molecule has 1 heterocycles. The van der Waals surface area contributed by atoms with Crippen molar-refractivity contribution in [1.82, 2.24) is 10.2 Å². The molecule has 5 nitrogen and oxygen atoms in total. The number of carbonyl (C=O) groups excluding carboxylic acids is 1. The number of carbonyl (C=O) groups is 1. The number of benzene rings is 1. The molecule has 0 bridgehead atoms. The van der Waals surface area contributed by atoms with Crippen molar-refractivity contribution >= 4 is 39.2 Å². The molecule has 0 radical (unpaired) electrons. The van der Waals surface area contributed by atoms with Crippen molar-refractivity contribution < 1.29 is 14.3 Å². The minimum atomic E-state index is -0.220. The predicted molar refractivity (Wildman–Crippen MR) is 97.0 cm³/mol. The van der Waals surface area contributed by atoms with Crippen molar-refractivity contribution in [2.75, 3.05) is 32.9 Å². The average Bonchev–Trinajstić information content (AvgIpc) is 2.57. The van der Waals surface area contributed by atoms with E-state index in [2.05, 4.69) is 28.2 Å². The fourth-order valence-electron chi connectivity index (χ4n) is 2.10. The lowest BCUT2D eigenvalue weighted by molar-refractivity contribution is 0.0669. The third kappa shape index (κ3) is 5.44. The van der Waals surface area contributed by atoms with Gasteiger partial charge in [0, 0.05) is 18.7 Å². The van der Waals surface area contributed by atoms with Crippen molar-refractivity contribution in [2.45, 2.75) is 19.8 Å². The standard InChI is InChI=1S/C16H21BrN2O3S/c1-2-3-8-22-14-5-4-12(11-13(14)17)15(20)18-16(23)19-6-9-21-10-7-19/h4-5,11H,2-3,6-10H2,1H3,(H,18,20,23). The van der Waals surface area contributed by atoms with Gasteiger partial charge in [0.15, 0.2) is 5.11 Å². The number of amides is 1. The average molecular weight is 401 g/mol. The molecule has 7 heteroatoms. The number of ether oxygens (including phenoxy) is 2. The monoisotopic (exact) mass is 400 g/mol. The van der Waals surface area contributed by atoms with Gasteiger partial charge in [-0.25, -0.2) is 0 Å². The van der Waals surface area contributed by atoms with Gasteiger partial charge in [-0.1, -0.05) is 13.3 Å². The summed E-state index contributed by atoms with van der Waals surface area (Å²) in [6.07, 6.45) is 2.08. The Labute approximate surface area is 150 Å². The summed E-state index contributed by atoms with van der Waals surface area (Å²) in [5, 5.41) is 3.21. The summed E-state index contributed by atoms with van der Waals surface area (Å²) in [5.41, 5.74) is 0.537. The Morgan fingerprint density at radius 1 is 1.43 bits per heavy atom. The molecule has 23 heavy (non-hydrogen) atoms. The van der Waals surface area contributed by atoms with Crippen LogP contribution in [0, 0.1) is 0 Å². The Balaban J connectivity index is 1.93. The number of rotatable bonds is 5. The van der Waals surface area contributed by atoms with Crippen molar-refractivity contribution in [3.63, 3.8) is 0 Å². The number of hydrogen-bond donors (Lipinski definition) is 1. The van der Waals surface area contributed by atoms with E-state index in [0.717, 1.165) is 23.1 Å². The number of halogens is 1. The van der Waals surface area contributed by atoms with Gasteiger partial charge in [0.2, 0.25) is 0 Å². The van der Waals surface area contributed by atoms with Crippen molar-refractivity contribution in [2.24, 2.45) is 0 Å². The van der Waals surface area contributed by atoms with E-state index in [1.165, 1.54) is 0 Å². The van der Waals surface area contributed by atoms with E-state index in [-0.39, 0.29) is 5.91 Å². The fraction of sp³-hybridized carbons (Fsp3) is 0.500. The smallest absolute Gasteiger partial charge is 0.257 e. The van der Waals surface area contributed by atoms with Gasteiger partial charge in [0.05, 0.1) is 24.3 Å². The molecule has 1 N–H and O–H groups in total. The van der Waals surface area contributed by atoms with Crippen LogP contribution < -0.4 is 10.1 Å². The third-order valence-corrected chi connectivity index (χ3v) is 4.45. The van der Waals surface area contributed by atoms with E-state index >= 15 is 0 Å². The minimum Gasteiger partial charge on any atom is -0.492 e. The number of nitrogens with one attached hydrogen (secondary N) is 1. The highest BCUT2D eigenvalue weighted by atomic mass is 79.9. The highest BCUT2D eigenvalue weighted by Gasteiger charge is 2.17. The van der Waals surface area contributed by atoms with Gasteiger partial charge in [0.25, 0.3) is 5.91 Å². The van der Waals surface area contributed by atoms with E-state index in [0.29, 0.717) is 43.6 Å². The second-order valence-electron chi connectivity index (χ2n) is 5.21. The molecular weight excluding hydrogens is 380 g/mol. The minimum absolute atomic E-state index is 0.220. The first-order valence-electron chi connectivity index (χ1n) is 7.72. The number of hydrogen-bond acceptors (Lipinski definition) is 4. The Kier molecular flexibility index (Phi) is 7.26. The molecule has 1 fully saturated rings. The van der Waals surface area contributed by atoms with Crippen LogP contribution in [0.15, 0.2) is 22.7 Å². The maximum atomic E-state index is 12.3. The maximum absolute atomic E-state index is 12.3. The molecule has 1 amide bonds. The Hall–Kier alpha value is -1.18. The van der Waals surface area contributed by atoms with Crippen LogP contribution >= 0.6 is 28.1 Å². The first-order valence-corrected chi connectivity index (χ1v) is 8.92. The summed E-state index contributed by atoms with van der Waals surface area (Å²) in [7, 11) is 0. The summed E-state index contributed by atoms with van der Waals surface area (Å²) in [4.78, 5) is 14.2. The zero-order chi connectivity index (χ0) is 16.7. The second-order valence-corrected chi connectivity index (χ2v) is 6.45. The molecule has 0 aliphatic carbocycles. The maximum Gasteiger partial charge on any atom is 0.257 e. The van der Waals surface area contributed by atoms with Gasteiger partial charge in [-0.15, -0.1) is 0 Å². The molecule has 1 aliphatic heterocycles. The van der Waals surface area contributed by atoms with Crippen molar-refractivity contribution in [3.05, 3.63) is 28.2 Å². The van der Waals surface area contributed by atoms with Crippen LogP contribution in [-0.4, -0.2) is 48.8 Å². The summed E-state index contributed by atoms with van der Waals surface area (Å²) >= 11 is 8.73. The van der Waals surface area contributed by atoms with E-state index in [1.54, 1.807) is 18.2 Å². The van der Waals surface area contributed by atoms with Gasteiger partial charge in [-0.2, -0.15) is 0 Å². The Morgan fingerprint density at radius 3 is 2.83 bits per heavy atom. The van der Waals surface area contributed by atoms with Gasteiger partial charge >= 0.3 is 0 Å². The van der Waals surface area contributed by atoms with Crippen LogP contribution in [-0.2, 0) is 4.74 Å². The molecule has 0 aromatic heterocycles. The number of nitrogens with zero attached hydrogens (tertiary/aromatic N) is 1. The molecule has 1 aliphatic rings. The van der Waals surface area contributed by atoms with E-state index in [9.17, 15) is 4.79 Å². The van der Waals surface area contributed by atoms with Gasteiger partial charge in [-0.05, 0) is 52.8 Å². The van der Waals surface area contributed by atoms with E-state index < -0.39 is 0 Å². The molecule has 0 unspecified atom stereocenters. The van der Waals surface area contributed by atoms with Crippen LogP contribution in [0.1, 0.15) is 30.1 Å². The lowest BCUT2D eigenvalue weighted by Crippen LogP contribution is -2.47. The Bertz CT molecular complexity index is 562. The molecule has 0 atom stereocenters. The Morgan fingerprint density at radius 2 is 2.17 bits per heavy atom. The number of thiocarbonyl (C=S) groups is 1. The molecular formula is C16H21BrN2O3S. The molecule has 0 saturated carbocycles. The fourth-order valence-corrected chi connectivity index (χ4v) is 2.87. The SMILES string of the molecule is CCCCOc1ccc(C(=O)NC(=S)N2CCOCC2)cc1Br. The third-order valence-electron chi connectivity index (χ3n) is 3.47. The van der Waals surface area contributed by atoms with Crippen LogP contribution in [0.2, 0.25) is 0 Å². The summed E-state index contributed by atoms with van der Waals surface area (Å²) in [6, 6.07) is 5.29. The topological polar surface area (TPSA) is 50.8 Å². The molecule has 126 valence electrons. The highest BCUT2D eigenvalue weighted by Crippen LogP contribution is 2.26. The molecule has 0 spiro atoms. The van der Waals surface area contributed by atoms with Gasteiger partial charge < -0.3 is 14.4 Å². The molecule has 2 rings (SSSR count).